The van der Waals surface area contributed by atoms with E-state index in [4.69, 9.17) is 5.73 Å². The Hall–Kier alpha value is -2.30. The SMILES string of the molecule is Cc1cccc(N)c1C(=O)NCc1cnn(C)c1C. The van der Waals surface area contributed by atoms with Crippen molar-refractivity contribution in [3.63, 3.8) is 0 Å². The van der Waals surface area contributed by atoms with Crippen LogP contribution in [-0.2, 0) is 13.6 Å². The van der Waals surface area contributed by atoms with Crippen molar-refractivity contribution in [1.82, 2.24) is 15.1 Å². The van der Waals surface area contributed by atoms with Crippen LogP contribution < -0.4 is 11.1 Å². The zero-order valence-corrected chi connectivity index (χ0v) is 11.4. The number of hydrogen-bond donors (Lipinski definition) is 2. The molecule has 0 bridgehead atoms. The van der Waals surface area contributed by atoms with Gasteiger partial charge in [-0.05, 0) is 25.5 Å². The molecule has 3 N–H and O–H groups in total. The number of hydrogen-bond acceptors (Lipinski definition) is 3. The van der Waals surface area contributed by atoms with Crippen LogP contribution in [0.1, 0.15) is 27.2 Å². The minimum Gasteiger partial charge on any atom is -0.398 e. The Balaban J connectivity index is 2.12. The molecule has 0 aliphatic heterocycles. The summed E-state index contributed by atoms with van der Waals surface area (Å²) < 4.78 is 1.78. The third kappa shape index (κ3) is 2.59. The molecule has 0 saturated carbocycles. The van der Waals surface area contributed by atoms with Gasteiger partial charge in [-0.15, -0.1) is 0 Å². The summed E-state index contributed by atoms with van der Waals surface area (Å²) in [6, 6.07) is 5.45. The van der Waals surface area contributed by atoms with Gasteiger partial charge in [0.1, 0.15) is 0 Å². The van der Waals surface area contributed by atoms with Crippen LogP contribution in [0.5, 0.6) is 0 Å². The molecule has 19 heavy (non-hydrogen) atoms. The van der Waals surface area contributed by atoms with Crippen molar-refractivity contribution in [3.8, 4) is 0 Å². The van der Waals surface area contributed by atoms with Crippen LogP contribution in [0.2, 0.25) is 0 Å². The Morgan fingerprint density at radius 2 is 2.16 bits per heavy atom. The molecule has 1 amide bonds. The Bertz CT molecular complexity index is 596. The normalized spacial score (nSPS) is 10.5. The van der Waals surface area contributed by atoms with Crippen molar-refractivity contribution in [2.24, 2.45) is 7.05 Å². The minimum atomic E-state index is -0.154. The van der Waals surface area contributed by atoms with E-state index in [9.17, 15) is 4.79 Å². The zero-order valence-electron chi connectivity index (χ0n) is 11.4. The number of nitrogens with one attached hydrogen (secondary N) is 1. The van der Waals surface area contributed by atoms with E-state index in [0.717, 1.165) is 16.8 Å². The molecule has 0 atom stereocenters. The van der Waals surface area contributed by atoms with Crippen LogP contribution in [0.15, 0.2) is 24.4 Å². The lowest BCUT2D eigenvalue weighted by Crippen LogP contribution is -2.25. The molecule has 0 saturated heterocycles. The third-order valence-corrected chi connectivity index (χ3v) is 3.31. The average Bonchev–Trinajstić information content (AvgIpc) is 2.67. The van der Waals surface area contributed by atoms with Crippen molar-refractivity contribution >= 4 is 11.6 Å². The second kappa shape index (κ2) is 5.14. The third-order valence-electron chi connectivity index (χ3n) is 3.31. The molecule has 1 aromatic carbocycles. The second-order valence-electron chi connectivity index (χ2n) is 4.60. The number of carbonyl (C=O) groups excluding carboxylic acids is 1. The lowest BCUT2D eigenvalue weighted by Gasteiger charge is -2.10. The second-order valence-corrected chi connectivity index (χ2v) is 4.60. The highest BCUT2D eigenvalue weighted by atomic mass is 16.1. The van der Waals surface area contributed by atoms with E-state index in [2.05, 4.69) is 10.4 Å². The number of aryl methyl sites for hydroxylation is 2. The molecular formula is C14H18N4O. The number of amides is 1. The van der Waals surface area contributed by atoms with Gasteiger partial charge in [0.25, 0.3) is 5.91 Å². The van der Waals surface area contributed by atoms with Crippen molar-refractivity contribution in [2.75, 3.05) is 5.73 Å². The standard InChI is InChI=1S/C14H18N4O/c1-9-5-4-6-12(15)13(9)14(19)16-7-11-8-17-18(3)10(11)2/h4-6,8H,7,15H2,1-3H3,(H,16,19). The predicted octanol–water partition coefficient (Wildman–Crippen LogP) is 1.55. The van der Waals surface area contributed by atoms with Gasteiger partial charge >= 0.3 is 0 Å². The van der Waals surface area contributed by atoms with Crippen LogP contribution >= 0.6 is 0 Å². The van der Waals surface area contributed by atoms with Crippen molar-refractivity contribution < 1.29 is 4.79 Å². The molecule has 1 heterocycles. The molecule has 0 aliphatic carbocycles. The summed E-state index contributed by atoms with van der Waals surface area (Å²) in [6.07, 6.45) is 1.76. The van der Waals surface area contributed by atoms with E-state index in [-0.39, 0.29) is 5.91 Å². The highest BCUT2D eigenvalue weighted by molar-refractivity contribution is 6.00. The lowest BCUT2D eigenvalue weighted by atomic mass is 10.1. The van der Waals surface area contributed by atoms with Gasteiger partial charge in [-0.25, -0.2) is 0 Å². The molecule has 0 fully saturated rings. The molecule has 0 spiro atoms. The summed E-state index contributed by atoms with van der Waals surface area (Å²) in [5, 5.41) is 7.02. The fraction of sp³-hybridized carbons (Fsp3) is 0.286. The molecule has 1 aromatic heterocycles. The molecule has 0 aliphatic rings. The van der Waals surface area contributed by atoms with E-state index >= 15 is 0 Å². The van der Waals surface area contributed by atoms with Gasteiger partial charge in [-0.2, -0.15) is 5.10 Å². The van der Waals surface area contributed by atoms with E-state index in [0.29, 0.717) is 17.8 Å². The minimum absolute atomic E-state index is 0.154. The number of nitrogen functional groups attached to an aromatic ring is 1. The number of aromatic nitrogens is 2. The smallest absolute Gasteiger partial charge is 0.253 e. The van der Waals surface area contributed by atoms with Crippen molar-refractivity contribution in [3.05, 3.63) is 46.8 Å². The largest absolute Gasteiger partial charge is 0.398 e. The first-order valence-electron chi connectivity index (χ1n) is 6.11. The summed E-state index contributed by atoms with van der Waals surface area (Å²) in [7, 11) is 1.87. The Kier molecular flexibility index (Phi) is 3.55. The Morgan fingerprint density at radius 1 is 1.42 bits per heavy atom. The van der Waals surface area contributed by atoms with Gasteiger partial charge in [0, 0.05) is 30.5 Å². The Morgan fingerprint density at radius 3 is 2.74 bits per heavy atom. The molecule has 0 radical (unpaired) electrons. The molecule has 100 valence electrons. The summed E-state index contributed by atoms with van der Waals surface area (Å²) >= 11 is 0. The number of anilines is 1. The quantitative estimate of drug-likeness (QED) is 0.820. The number of carbonyl (C=O) groups is 1. The lowest BCUT2D eigenvalue weighted by molar-refractivity contribution is 0.0951. The van der Waals surface area contributed by atoms with E-state index in [1.165, 1.54) is 0 Å². The number of nitrogens with zero attached hydrogens (tertiary/aromatic N) is 2. The van der Waals surface area contributed by atoms with Gasteiger partial charge in [-0.3, -0.25) is 9.48 Å². The van der Waals surface area contributed by atoms with Crippen LogP contribution in [0.25, 0.3) is 0 Å². The van der Waals surface area contributed by atoms with Gasteiger partial charge in [0.05, 0.1) is 11.8 Å². The fourth-order valence-corrected chi connectivity index (χ4v) is 1.98. The van der Waals surface area contributed by atoms with Gasteiger partial charge in [0.15, 0.2) is 0 Å². The summed E-state index contributed by atoms with van der Waals surface area (Å²) in [6.45, 7) is 4.30. The van der Waals surface area contributed by atoms with Gasteiger partial charge in [-0.1, -0.05) is 12.1 Å². The zero-order chi connectivity index (χ0) is 14.0. The maximum Gasteiger partial charge on any atom is 0.253 e. The number of benzene rings is 1. The maximum absolute atomic E-state index is 12.2. The van der Waals surface area contributed by atoms with Crippen molar-refractivity contribution in [1.29, 1.82) is 0 Å². The van der Waals surface area contributed by atoms with Crippen LogP contribution in [-0.4, -0.2) is 15.7 Å². The first-order chi connectivity index (χ1) is 9.00. The van der Waals surface area contributed by atoms with Crippen LogP contribution in [0.3, 0.4) is 0 Å². The molecule has 5 nitrogen and oxygen atoms in total. The summed E-state index contributed by atoms with van der Waals surface area (Å²) in [4.78, 5) is 12.2. The number of nitrogens with two attached hydrogens (primary N) is 1. The highest BCUT2D eigenvalue weighted by Crippen LogP contribution is 2.16. The maximum atomic E-state index is 12.2. The van der Waals surface area contributed by atoms with Crippen LogP contribution in [0.4, 0.5) is 5.69 Å². The molecule has 0 unspecified atom stereocenters. The molecular weight excluding hydrogens is 240 g/mol. The predicted molar refractivity (Wildman–Crippen MR) is 74.7 cm³/mol. The highest BCUT2D eigenvalue weighted by Gasteiger charge is 2.13. The van der Waals surface area contributed by atoms with Crippen LogP contribution in [0, 0.1) is 13.8 Å². The van der Waals surface area contributed by atoms with Gasteiger partial charge in [0.2, 0.25) is 0 Å². The summed E-state index contributed by atoms with van der Waals surface area (Å²) in [5.74, 6) is -0.154. The monoisotopic (exact) mass is 258 g/mol. The van der Waals surface area contributed by atoms with E-state index in [1.54, 1.807) is 16.9 Å². The van der Waals surface area contributed by atoms with E-state index < -0.39 is 0 Å². The fourth-order valence-electron chi connectivity index (χ4n) is 1.98. The molecule has 2 rings (SSSR count). The average molecular weight is 258 g/mol. The van der Waals surface area contributed by atoms with Gasteiger partial charge < -0.3 is 11.1 Å². The Labute approximate surface area is 112 Å². The van der Waals surface area contributed by atoms with Crippen molar-refractivity contribution in [2.45, 2.75) is 20.4 Å². The first-order valence-corrected chi connectivity index (χ1v) is 6.11. The van der Waals surface area contributed by atoms with E-state index in [1.807, 2.05) is 33.0 Å². The number of rotatable bonds is 3. The molecule has 2 aromatic rings. The summed E-state index contributed by atoms with van der Waals surface area (Å²) in [5.41, 5.74) is 9.81. The topological polar surface area (TPSA) is 72.9 Å². The first kappa shape index (κ1) is 13.1. The molecule has 5 heteroatoms.